The van der Waals surface area contributed by atoms with E-state index in [1.54, 1.807) is 18.2 Å². The van der Waals surface area contributed by atoms with Crippen LogP contribution >= 0.6 is 27.5 Å². The number of benzene rings is 2. The smallest absolute Gasteiger partial charge is 0.323 e. The van der Waals surface area contributed by atoms with E-state index in [1.807, 2.05) is 6.07 Å². The van der Waals surface area contributed by atoms with Crippen molar-refractivity contribution in [3.63, 3.8) is 0 Å². The number of phenolic OH excluding ortho intramolecular Hbond substituents is 1. The van der Waals surface area contributed by atoms with E-state index in [0.717, 1.165) is 4.47 Å². The first kappa shape index (κ1) is 13.7. The average Bonchev–Trinajstić information content (AvgIpc) is 2.34. The summed E-state index contributed by atoms with van der Waals surface area (Å²) in [6.45, 7) is 0. The van der Waals surface area contributed by atoms with Crippen LogP contribution in [-0.4, -0.2) is 11.1 Å². The maximum Gasteiger partial charge on any atom is 0.323 e. The largest absolute Gasteiger partial charge is 0.506 e. The van der Waals surface area contributed by atoms with E-state index in [2.05, 4.69) is 26.6 Å². The number of rotatable bonds is 2. The molecular formula is C13H10BrClN2O2. The van der Waals surface area contributed by atoms with E-state index in [1.165, 1.54) is 18.2 Å². The van der Waals surface area contributed by atoms with Gasteiger partial charge in [0.1, 0.15) is 5.75 Å². The molecule has 0 unspecified atom stereocenters. The Morgan fingerprint density at radius 3 is 2.68 bits per heavy atom. The lowest BCUT2D eigenvalue weighted by atomic mass is 10.3. The summed E-state index contributed by atoms with van der Waals surface area (Å²) < 4.78 is 0.857. The molecule has 0 spiro atoms. The van der Waals surface area contributed by atoms with Crippen LogP contribution in [0.1, 0.15) is 0 Å². The normalized spacial score (nSPS) is 10.0. The highest BCUT2D eigenvalue weighted by molar-refractivity contribution is 9.10. The number of aromatic hydroxyl groups is 1. The molecule has 0 aliphatic rings. The minimum atomic E-state index is -0.462. The number of hydrogen-bond donors (Lipinski definition) is 3. The molecule has 0 aromatic heterocycles. The van der Waals surface area contributed by atoms with Crippen LogP contribution in [0.15, 0.2) is 46.9 Å². The Balaban J connectivity index is 2.07. The van der Waals surface area contributed by atoms with Crippen LogP contribution in [0.3, 0.4) is 0 Å². The maximum atomic E-state index is 11.8. The van der Waals surface area contributed by atoms with Gasteiger partial charge in [-0.3, -0.25) is 0 Å². The van der Waals surface area contributed by atoms with E-state index in [0.29, 0.717) is 10.7 Å². The number of halogens is 2. The van der Waals surface area contributed by atoms with Crippen LogP contribution in [0.5, 0.6) is 5.75 Å². The summed E-state index contributed by atoms with van der Waals surface area (Å²) >= 11 is 9.10. The van der Waals surface area contributed by atoms with Gasteiger partial charge in [-0.15, -0.1) is 0 Å². The van der Waals surface area contributed by atoms with Crippen molar-refractivity contribution in [1.29, 1.82) is 0 Å². The van der Waals surface area contributed by atoms with Crippen molar-refractivity contribution in [2.75, 3.05) is 10.6 Å². The van der Waals surface area contributed by atoms with Crippen LogP contribution in [-0.2, 0) is 0 Å². The van der Waals surface area contributed by atoms with Gasteiger partial charge in [0.2, 0.25) is 0 Å². The molecule has 2 aromatic carbocycles. The van der Waals surface area contributed by atoms with Crippen molar-refractivity contribution < 1.29 is 9.90 Å². The fraction of sp³-hybridized carbons (Fsp3) is 0. The van der Waals surface area contributed by atoms with Gasteiger partial charge < -0.3 is 15.7 Å². The maximum absolute atomic E-state index is 11.8. The number of urea groups is 1. The molecule has 4 nitrogen and oxygen atoms in total. The third kappa shape index (κ3) is 3.87. The van der Waals surface area contributed by atoms with E-state index < -0.39 is 6.03 Å². The molecule has 0 radical (unpaired) electrons. The highest BCUT2D eigenvalue weighted by atomic mass is 79.9. The molecular weight excluding hydrogens is 332 g/mol. The second kappa shape index (κ2) is 5.95. The minimum Gasteiger partial charge on any atom is -0.506 e. The lowest BCUT2D eigenvalue weighted by Crippen LogP contribution is -2.19. The molecule has 2 amide bonds. The van der Waals surface area contributed by atoms with E-state index in [9.17, 15) is 9.90 Å². The summed E-state index contributed by atoms with van der Waals surface area (Å²) in [7, 11) is 0. The predicted molar refractivity (Wildman–Crippen MR) is 79.9 cm³/mol. The van der Waals surface area contributed by atoms with Crippen molar-refractivity contribution in [2.45, 2.75) is 0 Å². The SMILES string of the molecule is O=C(Nc1cccc(Br)c1)Nc1cc(Cl)ccc1O. The Kier molecular flexibility index (Phi) is 4.29. The third-order valence-corrected chi connectivity index (χ3v) is 3.02. The fourth-order valence-corrected chi connectivity index (χ4v) is 2.03. The molecule has 0 aliphatic carbocycles. The van der Waals surface area contributed by atoms with Crippen LogP contribution in [0.2, 0.25) is 5.02 Å². The number of carbonyl (C=O) groups excluding carboxylic acids is 1. The number of amides is 2. The molecule has 19 heavy (non-hydrogen) atoms. The number of nitrogens with one attached hydrogen (secondary N) is 2. The molecule has 0 fully saturated rings. The molecule has 6 heteroatoms. The first-order chi connectivity index (χ1) is 9.04. The van der Waals surface area contributed by atoms with Crippen LogP contribution in [0.4, 0.5) is 16.2 Å². The first-order valence-corrected chi connectivity index (χ1v) is 6.54. The van der Waals surface area contributed by atoms with Crippen LogP contribution in [0, 0.1) is 0 Å². The van der Waals surface area contributed by atoms with Gasteiger partial charge in [-0.25, -0.2) is 4.79 Å². The highest BCUT2D eigenvalue weighted by Crippen LogP contribution is 2.26. The summed E-state index contributed by atoms with van der Waals surface area (Å²) in [4.78, 5) is 11.8. The van der Waals surface area contributed by atoms with Gasteiger partial charge in [0.05, 0.1) is 5.69 Å². The zero-order valence-corrected chi connectivity index (χ0v) is 12.0. The zero-order chi connectivity index (χ0) is 13.8. The van der Waals surface area contributed by atoms with E-state index in [-0.39, 0.29) is 11.4 Å². The molecule has 0 bridgehead atoms. The predicted octanol–water partition coefficient (Wildman–Crippen LogP) is 4.45. The number of anilines is 2. The monoisotopic (exact) mass is 340 g/mol. The lowest BCUT2D eigenvalue weighted by molar-refractivity contribution is 0.262. The highest BCUT2D eigenvalue weighted by Gasteiger charge is 2.07. The summed E-state index contributed by atoms with van der Waals surface area (Å²) in [6.07, 6.45) is 0. The molecule has 0 saturated heterocycles. The molecule has 2 rings (SSSR count). The van der Waals surface area contributed by atoms with Gasteiger partial charge in [-0.2, -0.15) is 0 Å². The minimum absolute atomic E-state index is 0.0474. The molecule has 98 valence electrons. The van der Waals surface area contributed by atoms with Gasteiger partial charge in [-0.05, 0) is 36.4 Å². The van der Waals surface area contributed by atoms with Crippen molar-refractivity contribution in [3.05, 3.63) is 52.0 Å². The first-order valence-electron chi connectivity index (χ1n) is 5.37. The Morgan fingerprint density at radius 1 is 1.16 bits per heavy atom. The number of phenols is 1. The topological polar surface area (TPSA) is 61.4 Å². The van der Waals surface area contributed by atoms with Gasteiger partial charge in [0.15, 0.2) is 0 Å². The van der Waals surface area contributed by atoms with Gasteiger partial charge in [0.25, 0.3) is 0 Å². The molecule has 0 heterocycles. The Bertz CT molecular complexity index is 619. The van der Waals surface area contributed by atoms with Crippen LogP contribution in [0.25, 0.3) is 0 Å². The van der Waals surface area contributed by atoms with Gasteiger partial charge in [0, 0.05) is 15.2 Å². The lowest BCUT2D eigenvalue weighted by Gasteiger charge is -2.09. The Morgan fingerprint density at radius 2 is 1.95 bits per heavy atom. The van der Waals surface area contributed by atoms with Crippen LogP contribution < -0.4 is 10.6 Å². The van der Waals surface area contributed by atoms with E-state index in [4.69, 9.17) is 11.6 Å². The zero-order valence-electron chi connectivity index (χ0n) is 9.65. The summed E-state index contributed by atoms with van der Waals surface area (Å²) in [5.41, 5.74) is 0.883. The second-order valence-electron chi connectivity index (χ2n) is 3.75. The van der Waals surface area contributed by atoms with Crippen molar-refractivity contribution in [2.24, 2.45) is 0 Å². The fourth-order valence-electron chi connectivity index (χ4n) is 1.46. The molecule has 0 saturated carbocycles. The third-order valence-electron chi connectivity index (χ3n) is 2.29. The standard InChI is InChI=1S/C13H10BrClN2O2/c14-8-2-1-3-10(6-8)16-13(19)17-11-7-9(15)4-5-12(11)18/h1-7,18H,(H2,16,17,19). The molecule has 2 aromatic rings. The summed E-state index contributed by atoms with van der Waals surface area (Å²) in [5.74, 6) is -0.0474. The van der Waals surface area contributed by atoms with Gasteiger partial charge in [-0.1, -0.05) is 33.6 Å². The molecule has 0 aliphatic heterocycles. The number of hydrogen-bond acceptors (Lipinski definition) is 2. The Hall–Kier alpha value is -1.72. The molecule has 3 N–H and O–H groups in total. The summed E-state index contributed by atoms with van der Waals surface area (Å²) in [6, 6.07) is 11.1. The second-order valence-corrected chi connectivity index (χ2v) is 5.10. The van der Waals surface area contributed by atoms with Crippen molar-refractivity contribution in [1.82, 2.24) is 0 Å². The van der Waals surface area contributed by atoms with E-state index >= 15 is 0 Å². The summed E-state index contributed by atoms with van der Waals surface area (Å²) in [5, 5.41) is 15.2. The number of carbonyl (C=O) groups is 1. The Labute approximate surface area is 123 Å². The van der Waals surface area contributed by atoms with Crippen molar-refractivity contribution >= 4 is 44.9 Å². The van der Waals surface area contributed by atoms with Gasteiger partial charge >= 0.3 is 6.03 Å². The quantitative estimate of drug-likeness (QED) is 0.707. The van der Waals surface area contributed by atoms with Crippen molar-refractivity contribution in [3.8, 4) is 5.75 Å². The average molecular weight is 342 g/mol. The molecule has 0 atom stereocenters.